The van der Waals surface area contributed by atoms with E-state index in [1.54, 1.807) is 23.0 Å². The summed E-state index contributed by atoms with van der Waals surface area (Å²) in [7, 11) is 1.53. The van der Waals surface area contributed by atoms with Crippen molar-refractivity contribution in [2.24, 2.45) is 0 Å². The molecule has 3 aromatic rings. The molecule has 1 aromatic heterocycles. The van der Waals surface area contributed by atoms with Crippen LogP contribution in [0.4, 0.5) is 0 Å². The minimum absolute atomic E-state index is 0.208. The topological polar surface area (TPSA) is 65.4 Å². The fourth-order valence-corrected chi connectivity index (χ4v) is 3.12. The number of carbonyl (C=O) groups is 1. The normalized spacial score (nSPS) is 10.6. The minimum atomic E-state index is -0.208. The lowest BCUT2D eigenvalue weighted by Gasteiger charge is -2.14. The predicted octanol–water partition coefficient (Wildman–Crippen LogP) is 4.30. The zero-order valence-electron chi connectivity index (χ0n) is 16.5. The van der Waals surface area contributed by atoms with Crippen LogP contribution in [-0.2, 0) is 6.42 Å². The zero-order valence-corrected chi connectivity index (χ0v) is 17.3. The number of amides is 1. The summed E-state index contributed by atoms with van der Waals surface area (Å²) in [6, 6.07) is 13.2. The highest BCUT2D eigenvalue weighted by Crippen LogP contribution is 2.36. The summed E-state index contributed by atoms with van der Waals surface area (Å²) in [5.41, 5.74) is 2.56. The highest BCUT2D eigenvalue weighted by molar-refractivity contribution is 6.32. The number of aromatic nitrogens is 2. The van der Waals surface area contributed by atoms with E-state index in [2.05, 4.69) is 10.4 Å². The Balaban J connectivity index is 1.58. The van der Waals surface area contributed by atoms with Gasteiger partial charge in [0.25, 0.3) is 5.91 Å². The number of nitrogens with zero attached hydrogens (tertiary/aromatic N) is 2. The van der Waals surface area contributed by atoms with Crippen molar-refractivity contribution in [3.63, 3.8) is 0 Å². The first kappa shape index (κ1) is 20.7. The molecule has 0 fully saturated rings. The van der Waals surface area contributed by atoms with Crippen LogP contribution in [0.3, 0.4) is 0 Å². The molecule has 0 saturated carbocycles. The van der Waals surface area contributed by atoms with Crippen molar-refractivity contribution in [1.29, 1.82) is 0 Å². The summed E-state index contributed by atoms with van der Waals surface area (Å²) in [6.07, 6.45) is 5.21. The number of halogens is 1. The number of benzene rings is 2. The van der Waals surface area contributed by atoms with Crippen LogP contribution >= 0.6 is 11.6 Å². The lowest BCUT2D eigenvalue weighted by Crippen LogP contribution is -2.25. The van der Waals surface area contributed by atoms with Crippen LogP contribution in [0.15, 0.2) is 54.9 Å². The lowest BCUT2D eigenvalue weighted by atomic mass is 10.1. The Morgan fingerprint density at radius 2 is 2.03 bits per heavy atom. The van der Waals surface area contributed by atoms with Gasteiger partial charge in [0.1, 0.15) is 0 Å². The van der Waals surface area contributed by atoms with E-state index in [-0.39, 0.29) is 5.91 Å². The summed E-state index contributed by atoms with van der Waals surface area (Å²) in [5, 5.41) is 7.49. The number of hydrogen-bond donors (Lipinski definition) is 1. The van der Waals surface area contributed by atoms with Crippen LogP contribution in [0.1, 0.15) is 29.3 Å². The Labute approximate surface area is 175 Å². The Kier molecular flexibility index (Phi) is 7.14. The summed E-state index contributed by atoms with van der Waals surface area (Å²) < 4.78 is 12.8. The van der Waals surface area contributed by atoms with Gasteiger partial charge in [-0.25, -0.2) is 4.68 Å². The van der Waals surface area contributed by atoms with Gasteiger partial charge in [0.05, 0.1) is 24.4 Å². The number of ether oxygens (including phenoxy) is 2. The molecule has 0 radical (unpaired) electrons. The average Bonchev–Trinajstić information content (AvgIpc) is 3.27. The third-order valence-corrected chi connectivity index (χ3v) is 4.63. The van der Waals surface area contributed by atoms with Gasteiger partial charge in [-0.3, -0.25) is 4.79 Å². The largest absolute Gasteiger partial charge is 0.493 e. The van der Waals surface area contributed by atoms with Gasteiger partial charge >= 0.3 is 0 Å². The summed E-state index contributed by atoms with van der Waals surface area (Å²) >= 11 is 6.29. The van der Waals surface area contributed by atoms with Gasteiger partial charge < -0.3 is 14.8 Å². The van der Waals surface area contributed by atoms with Gasteiger partial charge in [0.2, 0.25) is 0 Å². The molecule has 29 heavy (non-hydrogen) atoms. The SMILES string of the molecule is CCCOc1c(Cl)cc(C(=O)NCCc2ccc(-n3cccn3)cc2)cc1OC. The van der Waals surface area contributed by atoms with Crippen molar-refractivity contribution in [1.82, 2.24) is 15.1 Å². The van der Waals surface area contributed by atoms with Gasteiger partial charge in [0.15, 0.2) is 11.5 Å². The molecule has 2 aromatic carbocycles. The van der Waals surface area contributed by atoms with Crippen LogP contribution in [0, 0.1) is 0 Å². The van der Waals surface area contributed by atoms with Crippen molar-refractivity contribution in [3.8, 4) is 17.2 Å². The molecule has 1 N–H and O–H groups in total. The fraction of sp³-hybridized carbons (Fsp3) is 0.273. The van der Waals surface area contributed by atoms with Crippen LogP contribution in [-0.4, -0.2) is 35.9 Å². The highest BCUT2D eigenvalue weighted by atomic mass is 35.5. The summed E-state index contributed by atoms with van der Waals surface area (Å²) in [4.78, 5) is 12.5. The van der Waals surface area contributed by atoms with Crippen LogP contribution in [0.2, 0.25) is 5.02 Å². The second-order valence-electron chi connectivity index (χ2n) is 6.46. The third-order valence-electron chi connectivity index (χ3n) is 4.35. The Bertz CT molecular complexity index is 941. The van der Waals surface area contributed by atoms with E-state index in [1.165, 1.54) is 7.11 Å². The van der Waals surface area contributed by atoms with Crippen molar-refractivity contribution < 1.29 is 14.3 Å². The smallest absolute Gasteiger partial charge is 0.251 e. The fourth-order valence-electron chi connectivity index (χ4n) is 2.85. The molecule has 7 heteroatoms. The molecule has 6 nitrogen and oxygen atoms in total. The van der Waals surface area contributed by atoms with Gasteiger partial charge in [-0.15, -0.1) is 0 Å². The van der Waals surface area contributed by atoms with Crippen LogP contribution < -0.4 is 14.8 Å². The van der Waals surface area contributed by atoms with E-state index in [9.17, 15) is 4.79 Å². The van der Waals surface area contributed by atoms with E-state index >= 15 is 0 Å². The second kappa shape index (κ2) is 9.98. The molecular formula is C22H24ClN3O3. The second-order valence-corrected chi connectivity index (χ2v) is 6.87. The molecule has 0 saturated heterocycles. The van der Waals surface area contributed by atoms with Crippen molar-refractivity contribution in [2.75, 3.05) is 20.3 Å². The van der Waals surface area contributed by atoms with Crippen molar-refractivity contribution in [3.05, 3.63) is 71.0 Å². The molecule has 0 aliphatic carbocycles. The number of rotatable bonds is 9. The Morgan fingerprint density at radius 1 is 1.24 bits per heavy atom. The van der Waals surface area contributed by atoms with E-state index in [0.29, 0.717) is 41.7 Å². The molecule has 0 unspecified atom stereocenters. The molecule has 3 rings (SSSR count). The Hall–Kier alpha value is -2.99. The zero-order chi connectivity index (χ0) is 20.6. The van der Waals surface area contributed by atoms with Crippen molar-refractivity contribution >= 4 is 17.5 Å². The quantitative estimate of drug-likeness (QED) is 0.568. The van der Waals surface area contributed by atoms with Gasteiger partial charge in [-0.1, -0.05) is 30.7 Å². The average molecular weight is 414 g/mol. The van der Waals surface area contributed by atoms with E-state index < -0.39 is 0 Å². The maximum absolute atomic E-state index is 12.5. The van der Waals surface area contributed by atoms with Gasteiger partial charge in [-0.05, 0) is 48.7 Å². The van der Waals surface area contributed by atoms with Gasteiger partial charge in [-0.2, -0.15) is 5.10 Å². The Morgan fingerprint density at radius 3 is 2.69 bits per heavy atom. The van der Waals surface area contributed by atoms with Crippen LogP contribution in [0.5, 0.6) is 11.5 Å². The maximum atomic E-state index is 12.5. The number of nitrogens with one attached hydrogen (secondary N) is 1. The molecule has 1 heterocycles. The summed E-state index contributed by atoms with van der Waals surface area (Å²) in [5.74, 6) is 0.704. The minimum Gasteiger partial charge on any atom is -0.493 e. The molecule has 0 bridgehead atoms. The van der Waals surface area contributed by atoms with E-state index in [0.717, 1.165) is 17.7 Å². The molecule has 0 atom stereocenters. The predicted molar refractivity (Wildman–Crippen MR) is 113 cm³/mol. The molecule has 0 aliphatic rings. The third kappa shape index (κ3) is 5.29. The summed E-state index contributed by atoms with van der Waals surface area (Å²) in [6.45, 7) is 3.04. The van der Waals surface area contributed by atoms with E-state index in [4.69, 9.17) is 21.1 Å². The van der Waals surface area contributed by atoms with Gasteiger partial charge in [0, 0.05) is 24.5 Å². The lowest BCUT2D eigenvalue weighted by molar-refractivity contribution is 0.0953. The van der Waals surface area contributed by atoms with E-state index in [1.807, 2.05) is 43.5 Å². The monoisotopic (exact) mass is 413 g/mol. The number of hydrogen-bond acceptors (Lipinski definition) is 4. The standard InChI is InChI=1S/C22H24ClN3O3/c1-3-13-29-21-19(23)14-17(15-20(21)28-2)22(27)24-11-9-16-5-7-18(8-6-16)26-12-4-10-25-26/h4-8,10,12,14-15H,3,9,11,13H2,1-2H3,(H,24,27). The number of carbonyl (C=O) groups excluding carboxylic acids is 1. The first-order valence-corrected chi connectivity index (χ1v) is 9.87. The maximum Gasteiger partial charge on any atom is 0.251 e. The first-order chi connectivity index (χ1) is 14.1. The highest BCUT2D eigenvalue weighted by Gasteiger charge is 2.15. The van der Waals surface area contributed by atoms with Crippen molar-refractivity contribution in [2.45, 2.75) is 19.8 Å². The molecule has 0 spiro atoms. The van der Waals surface area contributed by atoms with Crippen LogP contribution in [0.25, 0.3) is 5.69 Å². The first-order valence-electron chi connectivity index (χ1n) is 9.50. The molecule has 1 amide bonds. The molecular weight excluding hydrogens is 390 g/mol. The number of methoxy groups -OCH3 is 1. The molecule has 152 valence electrons. The molecule has 0 aliphatic heterocycles.